The van der Waals surface area contributed by atoms with Gasteiger partial charge in [0.1, 0.15) is 0 Å². The maximum atomic E-state index is 12.0. The van der Waals surface area contributed by atoms with Crippen molar-refractivity contribution < 1.29 is 9.72 Å². The minimum absolute atomic E-state index is 0.0224. The number of non-ortho nitro benzene ring substituents is 1. The van der Waals surface area contributed by atoms with Crippen LogP contribution in [0.4, 0.5) is 11.4 Å². The van der Waals surface area contributed by atoms with E-state index in [1.165, 1.54) is 31.4 Å². The lowest BCUT2D eigenvalue weighted by molar-refractivity contribution is -0.384. The van der Waals surface area contributed by atoms with E-state index in [9.17, 15) is 14.9 Å². The largest absolute Gasteiger partial charge is 0.326 e. The van der Waals surface area contributed by atoms with Gasteiger partial charge in [0.05, 0.1) is 4.92 Å². The molecule has 0 radical (unpaired) electrons. The van der Waals surface area contributed by atoms with Gasteiger partial charge in [0.15, 0.2) is 0 Å². The molecule has 1 heterocycles. The molecular weight excluding hydrogens is 308 g/mol. The van der Waals surface area contributed by atoms with E-state index in [0.717, 1.165) is 32.1 Å². The molecule has 0 spiro atoms. The molecule has 7 heteroatoms. The highest BCUT2D eigenvalue weighted by Gasteiger charge is 2.19. The Morgan fingerprint density at radius 1 is 1.29 bits per heavy atom. The SMILES string of the molecule is CNCCC1CCN(CCC(=O)Nc2ccc([N+](=O)[O-])cc2)CC1. The topological polar surface area (TPSA) is 87.5 Å². The van der Waals surface area contributed by atoms with Gasteiger partial charge in [-0.15, -0.1) is 0 Å². The highest BCUT2D eigenvalue weighted by Crippen LogP contribution is 2.20. The number of anilines is 1. The average Bonchev–Trinajstić information content (AvgIpc) is 2.59. The fourth-order valence-corrected chi connectivity index (χ4v) is 3.00. The van der Waals surface area contributed by atoms with E-state index in [1.54, 1.807) is 12.1 Å². The fourth-order valence-electron chi connectivity index (χ4n) is 3.00. The van der Waals surface area contributed by atoms with Gasteiger partial charge in [0.2, 0.25) is 5.91 Å². The van der Waals surface area contributed by atoms with Gasteiger partial charge < -0.3 is 15.5 Å². The van der Waals surface area contributed by atoms with E-state index >= 15 is 0 Å². The molecule has 0 bridgehead atoms. The number of nitro groups is 1. The van der Waals surface area contributed by atoms with Crippen molar-refractivity contribution in [2.45, 2.75) is 25.7 Å². The summed E-state index contributed by atoms with van der Waals surface area (Å²) >= 11 is 0. The summed E-state index contributed by atoms with van der Waals surface area (Å²) < 4.78 is 0. The van der Waals surface area contributed by atoms with Crippen LogP contribution in [0.3, 0.4) is 0 Å². The van der Waals surface area contributed by atoms with Crippen molar-refractivity contribution >= 4 is 17.3 Å². The number of piperidine rings is 1. The molecule has 1 aliphatic heterocycles. The summed E-state index contributed by atoms with van der Waals surface area (Å²) in [6.45, 7) is 3.94. The molecule has 0 unspecified atom stereocenters. The van der Waals surface area contributed by atoms with Crippen molar-refractivity contribution in [1.82, 2.24) is 10.2 Å². The Balaban J connectivity index is 1.67. The number of nitrogens with zero attached hydrogens (tertiary/aromatic N) is 2. The molecule has 1 aliphatic rings. The number of nitrogens with one attached hydrogen (secondary N) is 2. The molecule has 2 N–H and O–H groups in total. The Kier molecular flexibility index (Phi) is 7.14. The summed E-state index contributed by atoms with van der Waals surface area (Å²) in [6.07, 6.45) is 4.07. The maximum Gasteiger partial charge on any atom is 0.269 e. The van der Waals surface area contributed by atoms with Crippen LogP contribution in [-0.4, -0.2) is 49.0 Å². The third-order valence-electron chi connectivity index (χ3n) is 4.53. The summed E-state index contributed by atoms with van der Waals surface area (Å²) in [5.41, 5.74) is 0.616. The first kappa shape index (κ1) is 18.4. The number of nitro benzene ring substituents is 1. The molecule has 132 valence electrons. The Bertz CT molecular complexity index is 539. The number of carbonyl (C=O) groups excluding carboxylic acids is 1. The summed E-state index contributed by atoms with van der Waals surface area (Å²) in [6, 6.07) is 5.91. The highest BCUT2D eigenvalue weighted by molar-refractivity contribution is 5.90. The van der Waals surface area contributed by atoms with Crippen LogP contribution in [0.1, 0.15) is 25.7 Å². The fraction of sp³-hybridized carbons (Fsp3) is 0.588. The Morgan fingerprint density at radius 2 is 1.96 bits per heavy atom. The number of rotatable bonds is 8. The minimum atomic E-state index is -0.453. The van der Waals surface area contributed by atoms with Crippen molar-refractivity contribution in [3.05, 3.63) is 34.4 Å². The Morgan fingerprint density at radius 3 is 2.54 bits per heavy atom. The molecule has 1 fully saturated rings. The van der Waals surface area contributed by atoms with E-state index in [4.69, 9.17) is 0 Å². The molecule has 1 saturated heterocycles. The van der Waals surface area contributed by atoms with Crippen molar-refractivity contribution in [1.29, 1.82) is 0 Å². The number of hydrogen-bond acceptors (Lipinski definition) is 5. The molecule has 7 nitrogen and oxygen atoms in total. The van der Waals surface area contributed by atoms with Crippen LogP contribution in [0.25, 0.3) is 0 Å². The third kappa shape index (κ3) is 5.90. The van der Waals surface area contributed by atoms with Crippen LogP contribution >= 0.6 is 0 Å². The lowest BCUT2D eigenvalue weighted by Crippen LogP contribution is -2.36. The number of likely N-dealkylation sites (tertiary alicyclic amines) is 1. The quantitative estimate of drug-likeness (QED) is 0.562. The minimum Gasteiger partial charge on any atom is -0.326 e. The van der Waals surface area contributed by atoms with E-state index < -0.39 is 4.92 Å². The second-order valence-corrected chi connectivity index (χ2v) is 6.28. The maximum absolute atomic E-state index is 12.0. The molecule has 0 atom stereocenters. The van der Waals surface area contributed by atoms with Gasteiger partial charge >= 0.3 is 0 Å². The van der Waals surface area contributed by atoms with Crippen LogP contribution < -0.4 is 10.6 Å². The van der Waals surface area contributed by atoms with Crippen molar-refractivity contribution in [2.75, 3.05) is 38.5 Å². The zero-order chi connectivity index (χ0) is 17.4. The van der Waals surface area contributed by atoms with Gasteiger partial charge in [0, 0.05) is 30.8 Å². The zero-order valence-corrected chi connectivity index (χ0v) is 14.2. The normalized spacial score (nSPS) is 16.0. The predicted molar refractivity (Wildman–Crippen MR) is 94.1 cm³/mol. The molecule has 1 aromatic carbocycles. The smallest absolute Gasteiger partial charge is 0.269 e. The number of amides is 1. The first-order valence-electron chi connectivity index (χ1n) is 8.49. The first-order valence-corrected chi connectivity index (χ1v) is 8.49. The standard InChI is InChI=1S/C17H26N4O3/c1-18-10-6-14-7-11-20(12-8-14)13-9-17(22)19-15-2-4-16(5-3-15)21(23)24/h2-5,14,18H,6-13H2,1H3,(H,19,22). The molecular formula is C17H26N4O3. The van der Waals surface area contributed by atoms with Gasteiger partial charge in [-0.3, -0.25) is 14.9 Å². The van der Waals surface area contributed by atoms with Gasteiger partial charge in [-0.1, -0.05) is 0 Å². The van der Waals surface area contributed by atoms with Gasteiger partial charge in [0.25, 0.3) is 5.69 Å². The van der Waals surface area contributed by atoms with Crippen molar-refractivity contribution in [3.8, 4) is 0 Å². The lowest BCUT2D eigenvalue weighted by Gasteiger charge is -2.31. The van der Waals surface area contributed by atoms with E-state index in [1.807, 2.05) is 7.05 Å². The third-order valence-corrected chi connectivity index (χ3v) is 4.53. The number of benzene rings is 1. The van der Waals surface area contributed by atoms with Crippen molar-refractivity contribution in [2.24, 2.45) is 5.92 Å². The van der Waals surface area contributed by atoms with E-state index in [-0.39, 0.29) is 11.6 Å². The Labute approximate surface area is 142 Å². The van der Waals surface area contributed by atoms with Crippen LogP contribution in [0.15, 0.2) is 24.3 Å². The molecule has 1 amide bonds. The monoisotopic (exact) mass is 334 g/mol. The van der Waals surface area contributed by atoms with E-state index in [0.29, 0.717) is 12.1 Å². The molecule has 24 heavy (non-hydrogen) atoms. The molecule has 0 aromatic heterocycles. The zero-order valence-electron chi connectivity index (χ0n) is 14.2. The number of hydrogen-bond donors (Lipinski definition) is 2. The number of carbonyl (C=O) groups is 1. The summed E-state index contributed by atoms with van der Waals surface area (Å²) in [5.74, 6) is 0.740. The summed E-state index contributed by atoms with van der Waals surface area (Å²) in [5, 5.41) is 16.6. The Hall–Kier alpha value is -1.99. The van der Waals surface area contributed by atoms with Crippen LogP contribution in [0, 0.1) is 16.0 Å². The van der Waals surface area contributed by atoms with Crippen LogP contribution in [0.2, 0.25) is 0 Å². The molecule has 1 aromatic rings. The van der Waals surface area contributed by atoms with Crippen molar-refractivity contribution in [3.63, 3.8) is 0 Å². The second kappa shape index (κ2) is 9.34. The summed E-state index contributed by atoms with van der Waals surface area (Å²) in [4.78, 5) is 24.5. The first-order chi connectivity index (χ1) is 11.6. The van der Waals surface area contributed by atoms with Crippen LogP contribution in [0.5, 0.6) is 0 Å². The average molecular weight is 334 g/mol. The van der Waals surface area contributed by atoms with Gasteiger partial charge in [-0.05, 0) is 64.0 Å². The van der Waals surface area contributed by atoms with Crippen LogP contribution in [-0.2, 0) is 4.79 Å². The highest BCUT2D eigenvalue weighted by atomic mass is 16.6. The predicted octanol–water partition coefficient (Wildman–Crippen LogP) is 2.24. The van der Waals surface area contributed by atoms with Gasteiger partial charge in [-0.2, -0.15) is 0 Å². The van der Waals surface area contributed by atoms with E-state index in [2.05, 4.69) is 15.5 Å². The second-order valence-electron chi connectivity index (χ2n) is 6.28. The summed E-state index contributed by atoms with van der Waals surface area (Å²) in [7, 11) is 1.98. The molecule has 0 saturated carbocycles. The lowest BCUT2D eigenvalue weighted by atomic mass is 9.93. The molecule has 2 rings (SSSR count). The molecule has 0 aliphatic carbocycles. The van der Waals surface area contributed by atoms with Gasteiger partial charge in [-0.25, -0.2) is 0 Å².